The third-order valence-corrected chi connectivity index (χ3v) is 7.04. The Hall–Kier alpha value is -2.86. The molecule has 2 fully saturated rings. The Morgan fingerprint density at radius 2 is 1.55 bits per heavy atom. The van der Waals surface area contributed by atoms with Gasteiger partial charge in [0.25, 0.3) is 0 Å². The fourth-order valence-electron chi connectivity index (χ4n) is 5.47. The summed E-state index contributed by atoms with van der Waals surface area (Å²) in [4.78, 5) is 28.6. The lowest BCUT2D eigenvalue weighted by molar-refractivity contribution is -0.141. The fourth-order valence-corrected chi connectivity index (χ4v) is 5.47. The van der Waals surface area contributed by atoms with Crippen LogP contribution in [0.2, 0.25) is 0 Å². The molecule has 2 atom stereocenters. The topological polar surface area (TPSA) is 70.1 Å². The second-order valence-corrected chi connectivity index (χ2v) is 8.80. The molecule has 162 valence electrons. The number of rotatable bonds is 4. The summed E-state index contributed by atoms with van der Waals surface area (Å²) in [6.07, 6.45) is 3.45. The van der Waals surface area contributed by atoms with E-state index >= 15 is 0 Å². The number of likely N-dealkylation sites (tertiary alicyclic amines) is 2. The van der Waals surface area contributed by atoms with E-state index in [0.717, 1.165) is 37.1 Å². The number of nitrogens with zero attached hydrogens (tertiary/aromatic N) is 2. The molecule has 6 nitrogen and oxygen atoms in total. The van der Waals surface area contributed by atoms with Gasteiger partial charge in [0.1, 0.15) is 12.6 Å². The number of benzene rings is 2. The van der Waals surface area contributed by atoms with Gasteiger partial charge in [0.2, 0.25) is 0 Å². The number of amides is 1. The van der Waals surface area contributed by atoms with E-state index in [2.05, 4.69) is 29.2 Å². The summed E-state index contributed by atoms with van der Waals surface area (Å²) < 4.78 is 5.74. The van der Waals surface area contributed by atoms with Gasteiger partial charge in [-0.1, -0.05) is 55.0 Å². The largest absolute Gasteiger partial charge is 0.480 e. The average molecular weight is 421 g/mol. The Morgan fingerprint density at radius 3 is 2.16 bits per heavy atom. The molecule has 2 aromatic carbocycles. The van der Waals surface area contributed by atoms with E-state index in [1.165, 1.54) is 22.4 Å². The predicted octanol–water partition coefficient (Wildman–Crippen LogP) is 3.95. The van der Waals surface area contributed by atoms with Gasteiger partial charge in [-0.2, -0.15) is 0 Å². The van der Waals surface area contributed by atoms with Crippen LogP contribution in [0, 0.1) is 0 Å². The van der Waals surface area contributed by atoms with Gasteiger partial charge < -0.3 is 9.84 Å². The van der Waals surface area contributed by atoms with Gasteiger partial charge in [-0.3, -0.25) is 9.80 Å². The molecule has 0 spiro atoms. The molecule has 1 aliphatic carbocycles. The highest BCUT2D eigenvalue weighted by Crippen LogP contribution is 2.44. The van der Waals surface area contributed by atoms with E-state index in [0.29, 0.717) is 13.0 Å². The van der Waals surface area contributed by atoms with Crippen molar-refractivity contribution in [1.82, 2.24) is 9.80 Å². The number of hydrogen-bond donors (Lipinski definition) is 1. The SMILES string of the molecule is O=C(O)[C@@H]1C[C@@H](N2CCCCC2)CN1C(=O)OCC1c2ccccc2-c2ccccc21. The van der Waals surface area contributed by atoms with E-state index < -0.39 is 18.1 Å². The normalized spacial score (nSPS) is 23.4. The Labute approximate surface area is 182 Å². The van der Waals surface area contributed by atoms with Gasteiger partial charge in [0.05, 0.1) is 0 Å². The highest BCUT2D eigenvalue weighted by molar-refractivity contribution is 5.82. The third kappa shape index (κ3) is 3.69. The number of ether oxygens (including phenoxy) is 1. The van der Waals surface area contributed by atoms with Crippen LogP contribution in [0.3, 0.4) is 0 Å². The van der Waals surface area contributed by atoms with Gasteiger partial charge in [0, 0.05) is 18.5 Å². The van der Waals surface area contributed by atoms with Crippen LogP contribution < -0.4 is 0 Å². The molecule has 6 heteroatoms. The lowest BCUT2D eigenvalue weighted by atomic mass is 9.98. The Balaban J connectivity index is 1.30. The zero-order valence-corrected chi connectivity index (χ0v) is 17.6. The number of piperidine rings is 1. The maximum Gasteiger partial charge on any atom is 0.410 e. The lowest BCUT2D eigenvalue weighted by Gasteiger charge is -2.31. The van der Waals surface area contributed by atoms with Gasteiger partial charge in [0.15, 0.2) is 0 Å². The Morgan fingerprint density at radius 1 is 0.935 bits per heavy atom. The van der Waals surface area contributed by atoms with E-state index in [1.807, 2.05) is 24.3 Å². The minimum atomic E-state index is -0.951. The summed E-state index contributed by atoms with van der Waals surface area (Å²) in [5, 5.41) is 9.72. The van der Waals surface area contributed by atoms with Crippen molar-refractivity contribution in [3.05, 3.63) is 59.7 Å². The van der Waals surface area contributed by atoms with Crippen molar-refractivity contribution < 1.29 is 19.4 Å². The van der Waals surface area contributed by atoms with E-state index in [4.69, 9.17) is 4.74 Å². The molecule has 2 aromatic rings. The molecule has 0 unspecified atom stereocenters. The smallest absolute Gasteiger partial charge is 0.410 e. The van der Waals surface area contributed by atoms with Crippen molar-refractivity contribution in [1.29, 1.82) is 0 Å². The highest BCUT2D eigenvalue weighted by Gasteiger charge is 2.43. The summed E-state index contributed by atoms with van der Waals surface area (Å²) in [6, 6.07) is 15.7. The van der Waals surface area contributed by atoms with Crippen molar-refractivity contribution in [2.75, 3.05) is 26.2 Å². The Bertz CT molecular complexity index is 939. The molecule has 3 aliphatic rings. The van der Waals surface area contributed by atoms with Crippen LogP contribution >= 0.6 is 0 Å². The van der Waals surface area contributed by atoms with Crippen LogP contribution in [0.25, 0.3) is 11.1 Å². The van der Waals surface area contributed by atoms with Crippen LogP contribution in [0.5, 0.6) is 0 Å². The molecule has 0 bridgehead atoms. The van der Waals surface area contributed by atoms with Gasteiger partial charge in [-0.15, -0.1) is 0 Å². The second-order valence-electron chi connectivity index (χ2n) is 8.80. The zero-order valence-electron chi connectivity index (χ0n) is 17.6. The standard InChI is InChI=1S/C25H28N2O4/c28-24(29)23-14-17(26-12-6-1-7-13-26)15-27(23)25(30)31-16-22-20-10-4-2-8-18(20)19-9-3-5-11-21(19)22/h2-5,8-11,17,22-23H,1,6-7,12-16H2,(H,28,29)/t17-,23+/m1/s1. The molecule has 2 aliphatic heterocycles. The van der Waals surface area contributed by atoms with Crippen LogP contribution in [0.4, 0.5) is 4.79 Å². The quantitative estimate of drug-likeness (QED) is 0.811. The van der Waals surface area contributed by atoms with Crippen molar-refractivity contribution in [3.63, 3.8) is 0 Å². The number of carboxylic acid groups (broad SMARTS) is 1. The maximum absolute atomic E-state index is 13.0. The molecule has 31 heavy (non-hydrogen) atoms. The summed E-state index contributed by atoms with van der Waals surface area (Å²) in [7, 11) is 0. The van der Waals surface area contributed by atoms with Crippen LogP contribution in [0.15, 0.2) is 48.5 Å². The summed E-state index contributed by atoms with van der Waals surface area (Å²) in [5.41, 5.74) is 4.65. The van der Waals surface area contributed by atoms with Gasteiger partial charge in [-0.25, -0.2) is 9.59 Å². The summed E-state index contributed by atoms with van der Waals surface area (Å²) in [6.45, 7) is 2.60. The van der Waals surface area contributed by atoms with Gasteiger partial charge >= 0.3 is 12.1 Å². The molecular formula is C25H28N2O4. The molecule has 1 N–H and O–H groups in total. The molecule has 0 radical (unpaired) electrons. The van der Waals surface area contributed by atoms with Crippen LogP contribution in [-0.4, -0.2) is 65.3 Å². The molecule has 0 aromatic heterocycles. The number of carbonyl (C=O) groups is 2. The van der Waals surface area contributed by atoms with E-state index in [9.17, 15) is 14.7 Å². The number of carboxylic acids is 1. The predicted molar refractivity (Wildman–Crippen MR) is 117 cm³/mol. The third-order valence-electron chi connectivity index (χ3n) is 7.04. The van der Waals surface area contributed by atoms with Crippen molar-refractivity contribution in [2.45, 2.75) is 43.7 Å². The zero-order chi connectivity index (χ0) is 21.4. The minimum Gasteiger partial charge on any atom is -0.480 e. The van der Waals surface area contributed by atoms with Crippen LogP contribution in [0.1, 0.15) is 42.7 Å². The average Bonchev–Trinajstić information content (AvgIpc) is 3.39. The minimum absolute atomic E-state index is 0.0277. The number of fused-ring (bicyclic) bond motifs is 3. The van der Waals surface area contributed by atoms with Crippen LogP contribution in [-0.2, 0) is 9.53 Å². The summed E-state index contributed by atoms with van der Waals surface area (Å²) in [5.74, 6) is -0.979. The Kier molecular flexibility index (Phi) is 5.40. The monoisotopic (exact) mass is 420 g/mol. The molecule has 5 rings (SSSR count). The van der Waals surface area contributed by atoms with E-state index in [-0.39, 0.29) is 18.6 Å². The summed E-state index contributed by atoms with van der Waals surface area (Å²) >= 11 is 0. The fraction of sp³-hybridized carbons (Fsp3) is 0.440. The maximum atomic E-state index is 13.0. The number of carbonyl (C=O) groups excluding carboxylic acids is 1. The first-order chi connectivity index (χ1) is 15.1. The molecule has 2 heterocycles. The second kappa shape index (κ2) is 8.35. The van der Waals surface area contributed by atoms with Crippen molar-refractivity contribution in [2.24, 2.45) is 0 Å². The van der Waals surface area contributed by atoms with E-state index in [1.54, 1.807) is 0 Å². The first-order valence-electron chi connectivity index (χ1n) is 11.2. The molecule has 2 saturated heterocycles. The molecular weight excluding hydrogens is 392 g/mol. The number of aliphatic carboxylic acids is 1. The molecule has 0 saturated carbocycles. The first-order valence-corrected chi connectivity index (χ1v) is 11.2. The lowest BCUT2D eigenvalue weighted by Crippen LogP contribution is -2.43. The first kappa shape index (κ1) is 20.1. The van der Waals surface area contributed by atoms with Crippen molar-refractivity contribution in [3.8, 4) is 11.1 Å². The number of hydrogen-bond acceptors (Lipinski definition) is 4. The van der Waals surface area contributed by atoms with Crippen molar-refractivity contribution >= 4 is 12.1 Å². The molecule has 1 amide bonds. The van der Waals surface area contributed by atoms with Gasteiger partial charge in [-0.05, 0) is 54.6 Å². The highest BCUT2D eigenvalue weighted by atomic mass is 16.6.